The number of hydrogen-bond donors (Lipinski definition) is 0. The molecule has 2 heterocycles. The van der Waals surface area contributed by atoms with E-state index in [0.717, 1.165) is 45.7 Å². The summed E-state index contributed by atoms with van der Waals surface area (Å²) in [5.74, 6) is -3.83. The second-order valence-corrected chi connectivity index (χ2v) is 6.65. The first-order chi connectivity index (χ1) is 15.0. The summed E-state index contributed by atoms with van der Waals surface area (Å²) in [6.07, 6.45) is -5.68. The molecule has 1 aliphatic rings. The van der Waals surface area contributed by atoms with Gasteiger partial charge in [0.15, 0.2) is 30.2 Å². The van der Waals surface area contributed by atoms with Crippen LogP contribution in [0.15, 0.2) is 6.20 Å². The van der Waals surface area contributed by atoms with Crippen LogP contribution in [0.5, 0.6) is 0 Å². The minimum atomic E-state index is -1.43. The van der Waals surface area contributed by atoms with Crippen molar-refractivity contribution in [1.29, 1.82) is 0 Å². The zero-order chi connectivity index (χ0) is 24.0. The highest BCUT2D eigenvalue weighted by atomic mass is 16.7. The van der Waals surface area contributed by atoms with Gasteiger partial charge in [-0.3, -0.25) is 19.2 Å². The topological polar surface area (TPSA) is 171 Å². The van der Waals surface area contributed by atoms with Gasteiger partial charge in [0, 0.05) is 27.7 Å². The third-order valence-electron chi connectivity index (χ3n) is 4.18. The monoisotopic (exact) mass is 457 g/mol. The predicted octanol–water partition coefficient (Wildman–Crippen LogP) is -0.680. The van der Waals surface area contributed by atoms with Crippen molar-refractivity contribution in [1.82, 2.24) is 15.0 Å². The molecular formula is C18H23N3O11. The number of rotatable bonds is 7. The van der Waals surface area contributed by atoms with Crippen LogP contribution < -0.4 is 0 Å². The van der Waals surface area contributed by atoms with Crippen molar-refractivity contribution >= 4 is 29.8 Å². The Morgan fingerprint density at radius 1 is 0.906 bits per heavy atom. The minimum Gasteiger partial charge on any atom is -0.464 e. The van der Waals surface area contributed by atoms with Gasteiger partial charge >= 0.3 is 29.8 Å². The van der Waals surface area contributed by atoms with Crippen LogP contribution >= 0.6 is 0 Å². The summed E-state index contributed by atoms with van der Waals surface area (Å²) in [5, 5.41) is 7.43. The van der Waals surface area contributed by atoms with Gasteiger partial charge in [-0.15, -0.1) is 5.10 Å². The van der Waals surface area contributed by atoms with E-state index in [0.29, 0.717) is 0 Å². The van der Waals surface area contributed by atoms with Gasteiger partial charge < -0.3 is 28.4 Å². The molecule has 14 heteroatoms. The van der Waals surface area contributed by atoms with Crippen molar-refractivity contribution < 1.29 is 52.4 Å². The van der Waals surface area contributed by atoms with Crippen LogP contribution in [0.1, 0.15) is 44.4 Å². The molecule has 0 radical (unpaired) electrons. The van der Waals surface area contributed by atoms with Gasteiger partial charge in [0.05, 0.1) is 13.3 Å². The second kappa shape index (κ2) is 10.7. The zero-order valence-corrected chi connectivity index (χ0v) is 18.0. The van der Waals surface area contributed by atoms with Crippen LogP contribution in [0.4, 0.5) is 0 Å². The Labute approximate surface area is 182 Å². The lowest BCUT2D eigenvalue weighted by molar-refractivity contribution is -0.270. The summed E-state index contributed by atoms with van der Waals surface area (Å²) in [5.41, 5.74) is -0.173. The molecule has 0 aliphatic carbocycles. The van der Waals surface area contributed by atoms with E-state index in [1.807, 2.05) is 0 Å². The molecule has 1 fully saturated rings. The van der Waals surface area contributed by atoms with E-state index >= 15 is 0 Å². The van der Waals surface area contributed by atoms with E-state index < -0.39 is 67.1 Å². The van der Waals surface area contributed by atoms with Gasteiger partial charge in [-0.05, 0) is 0 Å². The van der Waals surface area contributed by atoms with Crippen molar-refractivity contribution in [3.05, 3.63) is 11.9 Å². The SMILES string of the molecule is COC(=O)c1cnnn1[C@@H]1O[C@H](COC(C)=O)[C@H](OC(C)=O)[C@H](OC(C)=O)[C@H]1OC(C)=O. The maximum absolute atomic E-state index is 12.1. The van der Waals surface area contributed by atoms with Crippen molar-refractivity contribution in [2.45, 2.75) is 58.3 Å². The van der Waals surface area contributed by atoms with Crippen molar-refractivity contribution in [3.63, 3.8) is 0 Å². The summed E-state index contributed by atoms with van der Waals surface area (Å²) in [4.78, 5) is 58.8. The summed E-state index contributed by atoms with van der Waals surface area (Å²) in [6, 6.07) is 0. The number of methoxy groups -OCH3 is 1. The Balaban J connectivity index is 2.59. The van der Waals surface area contributed by atoms with Crippen LogP contribution in [0.2, 0.25) is 0 Å². The third-order valence-corrected chi connectivity index (χ3v) is 4.18. The lowest BCUT2D eigenvalue weighted by Crippen LogP contribution is -2.61. The van der Waals surface area contributed by atoms with E-state index in [9.17, 15) is 24.0 Å². The molecule has 0 N–H and O–H groups in total. The third kappa shape index (κ3) is 6.00. The molecule has 1 saturated heterocycles. The van der Waals surface area contributed by atoms with Crippen LogP contribution in [0.25, 0.3) is 0 Å². The molecule has 0 aromatic carbocycles. The first-order valence-electron chi connectivity index (χ1n) is 9.34. The molecule has 0 bridgehead atoms. The van der Waals surface area contributed by atoms with Crippen molar-refractivity contribution in [2.75, 3.05) is 13.7 Å². The van der Waals surface area contributed by atoms with E-state index in [4.69, 9.17) is 23.7 Å². The molecular weight excluding hydrogens is 434 g/mol. The maximum Gasteiger partial charge on any atom is 0.358 e. The van der Waals surface area contributed by atoms with Gasteiger partial charge in [0.2, 0.25) is 0 Å². The van der Waals surface area contributed by atoms with Crippen molar-refractivity contribution in [3.8, 4) is 0 Å². The zero-order valence-electron chi connectivity index (χ0n) is 18.0. The summed E-state index contributed by atoms with van der Waals surface area (Å²) in [7, 11) is 1.13. The predicted molar refractivity (Wildman–Crippen MR) is 98.6 cm³/mol. The molecule has 1 aromatic rings. The number of ether oxygens (including phenoxy) is 6. The summed E-state index contributed by atoms with van der Waals surface area (Å²) >= 11 is 0. The number of esters is 5. The van der Waals surface area contributed by atoms with Gasteiger partial charge in [-0.2, -0.15) is 0 Å². The van der Waals surface area contributed by atoms with E-state index in [2.05, 4.69) is 15.0 Å². The summed E-state index contributed by atoms with van der Waals surface area (Å²) in [6.45, 7) is 4.02. The molecule has 2 rings (SSSR count). The highest BCUT2D eigenvalue weighted by Gasteiger charge is 2.53. The molecule has 0 amide bonds. The lowest BCUT2D eigenvalue weighted by Gasteiger charge is -2.44. The highest BCUT2D eigenvalue weighted by molar-refractivity contribution is 5.87. The Hall–Kier alpha value is -3.55. The van der Waals surface area contributed by atoms with Gasteiger partial charge in [-0.1, -0.05) is 5.21 Å². The van der Waals surface area contributed by atoms with E-state index in [1.165, 1.54) is 0 Å². The first kappa shape index (κ1) is 24.7. The number of carbonyl (C=O) groups excluding carboxylic acids is 5. The number of carbonyl (C=O) groups is 5. The van der Waals surface area contributed by atoms with Crippen LogP contribution in [0.3, 0.4) is 0 Å². The fraction of sp³-hybridized carbons (Fsp3) is 0.611. The molecule has 0 spiro atoms. The number of hydrogen-bond acceptors (Lipinski definition) is 13. The molecule has 14 nitrogen and oxygen atoms in total. The molecule has 1 aromatic heterocycles. The van der Waals surface area contributed by atoms with Gasteiger partial charge in [0.1, 0.15) is 12.7 Å². The number of nitrogens with zero attached hydrogens (tertiary/aromatic N) is 3. The molecule has 32 heavy (non-hydrogen) atoms. The average molecular weight is 457 g/mol. The normalized spacial score (nSPS) is 24.7. The molecule has 5 atom stereocenters. The molecule has 0 unspecified atom stereocenters. The van der Waals surface area contributed by atoms with Crippen LogP contribution in [0, 0.1) is 0 Å². The fourth-order valence-corrected chi connectivity index (χ4v) is 3.08. The fourth-order valence-electron chi connectivity index (χ4n) is 3.08. The molecule has 176 valence electrons. The Bertz CT molecular complexity index is 883. The smallest absolute Gasteiger partial charge is 0.358 e. The van der Waals surface area contributed by atoms with Gasteiger partial charge in [-0.25, -0.2) is 9.48 Å². The Kier molecular flexibility index (Phi) is 8.23. The highest BCUT2D eigenvalue weighted by Crippen LogP contribution is 2.35. The largest absolute Gasteiger partial charge is 0.464 e. The molecule has 1 aliphatic heterocycles. The summed E-state index contributed by atoms with van der Waals surface area (Å²) < 4.78 is 32.4. The molecule has 0 saturated carbocycles. The van der Waals surface area contributed by atoms with E-state index in [-0.39, 0.29) is 5.69 Å². The Morgan fingerprint density at radius 2 is 1.47 bits per heavy atom. The lowest BCUT2D eigenvalue weighted by atomic mass is 9.97. The minimum absolute atomic E-state index is 0.173. The van der Waals surface area contributed by atoms with Crippen LogP contribution in [-0.4, -0.2) is 83.0 Å². The second-order valence-electron chi connectivity index (χ2n) is 6.65. The average Bonchev–Trinajstić information content (AvgIpc) is 3.17. The standard InChI is InChI=1S/C18H23N3O11/c1-8(22)28-7-13-14(29-9(2)23)15(30-10(3)24)16(31-11(4)25)17(32-13)21-12(6-19-20-21)18(26)27-5/h6,13-17H,7H2,1-5H3/t13-,14+,15+,16-,17-/m1/s1. The van der Waals surface area contributed by atoms with Crippen molar-refractivity contribution in [2.24, 2.45) is 0 Å². The Morgan fingerprint density at radius 3 is 2.00 bits per heavy atom. The first-order valence-corrected chi connectivity index (χ1v) is 9.34. The quantitative estimate of drug-likeness (QED) is 0.373. The van der Waals surface area contributed by atoms with Gasteiger partial charge in [0.25, 0.3) is 0 Å². The van der Waals surface area contributed by atoms with E-state index in [1.54, 1.807) is 0 Å². The number of aromatic nitrogens is 3. The maximum atomic E-state index is 12.1. The van der Waals surface area contributed by atoms with Crippen LogP contribution in [-0.2, 0) is 47.6 Å².